The molecule has 1 saturated heterocycles. The van der Waals surface area contributed by atoms with Gasteiger partial charge in [-0.3, -0.25) is 0 Å². The van der Waals surface area contributed by atoms with Crippen molar-refractivity contribution in [3.63, 3.8) is 0 Å². The van der Waals surface area contributed by atoms with Gasteiger partial charge in [-0.15, -0.1) is 0 Å². The zero-order valence-electron chi connectivity index (χ0n) is 14.7. The molecule has 1 unspecified atom stereocenters. The van der Waals surface area contributed by atoms with Gasteiger partial charge in [0, 0.05) is 12.2 Å². The van der Waals surface area contributed by atoms with Crippen LogP contribution in [0.4, 0.5) is 0 Å². The maximum Gasteiger partial charge on any atom is 0.198 e. The number of nitrogens with zero attached hydrogens (tertiary/aromatic N) is 4. The van der Waals surface area contributed by atoms with Gasteiger partial charge in [0.2, 0.25) is 0 Å². The third kappa shape index (κ3) is 2.65. The molecule has 2 aromatic heterocycles. The Hall–Kier alpha value is -2.79. The molecule has 0 N–H and O–H groups in total. The first-order chi connectivity index (χ1) is 12.8. The molecule has 130 valence electrons. The number of hydrogen-bond donors (Lipinski definition) is 0. The second-order valence-electron chi connectivity index (χ2n) is 6.91. The zero-order valence-corrected chi connectivity index (χ0v) is 14.7. The van der Waals surface area contributed by atoms with Gasteiger partial charge in [0.15, 0.2) is 11.3 Å². The second kappa shape index (κ2) is 6.18. The van der Waals surface area contributed by atoms with E-state index in [4.69, 9.17) is 19.7 Å². The summed E-state index contributed by atoms with van der Waals surface area (Å²) < 4.78 is 8.06. The molecule has 1 atom stereocenters. The van der Waals surface area contributed by atoms with Crippen molar-refractivity contribution < 1.29 is 4.74 Å². The summed E-state index contributed by atoms with van der Waals surface area (Å²) >= 11 is 0. The van der Waals surface area contributed by atoms with Gasteiger partial charge in [0.25, 0.3) is 0 Å². The van der Waals surface area contributed by atoms with E-state index in [0.717, 1.165) is 54.1 Å². The molecule has 5 rings (SSSR count). The second-order valence-corrected chi connectivity index (χ2v) is 6.91. The summed E-state index contributed by atoms with van der Waals surface area (Å²) in [5, 5.41) is 0. The minimum atomic E-state index is 0.212. The molecule has 0 spiro atoms. The van der Waals surface area contributed by atoms with E-state index < -0.39 is 0 Å². The quantitative estimate of drug-likeness (QED) is 0.561. The summed E-state index contributed by atoms with van der Waals surface area (Å²) in [4.78, 5) is 14.5. The Labute approximate surface area is 151 Å². The lowest BCUT2D eigenvalue weighted by Gasteiger charge is -2.14. The van der Waals surface area contributed by atoms with Crippen molar-refractivity contribution in [1.29, 1.82) is 0 Å². The molecule has 0 radical (unpaired) electrons. The molecule has 0 bridgehead atoms. The fourth-order valence-corrected chi connectivity index (χ4v) is 3.67. The highest BCUT2D eigenvalue weighted by atomic mass is 16.5. The molecule has 0 amide bonds. The Balaban J connectivity index is 1.74. The number of aromatic nitrogens is 4. The maximum absolute atomic E-state index is 5.88. The van der Waals surface area contributed by atoms with E-state index in [0.29, 0.717) is 5.65 Å². The van der Waals surface area contributed by atoms with E-state index in [1.54, 1.807) is 0 Å². The lowest BCUT2D eigenvalue weighted by molar-refractivity contribution is 0.0981. The molecule has 5 nitrogen and oxygen atoms in total. The molecular formula is C21H20N4O. The van der Waals surface area contributed by atoms with Crippen molar-refractivity contribution in [2.75, 3.05) is 6.61 Å². The maximum atomic E-state index is 5.88. The van der Waals surface area contributed by atoms with Crippen LogP contribution < -0.4 is 0 Å². The smallest absolute Gasteiger partial charge is 0.198 e. The Kier molecular flexibility index (Phi) is 3.68. The van der Waals surface area contributed by atoms with Gasteiger partial charge < -0.3 is 9.30 Å². The number of imidazole rings is 1. The highest BCUT2D eigenvalue weighted by Crippen LogP contribution is 2.27. The van der Waals surface area contributed by atoms with Gasteiger partial charge >= 0.3 is 0 Å². The summed E-state index contributed by atoms with van der Waals surface area (Å²) in [5.41, 5.74) is 5.59. The molecule has 0 saturated carbocycles. The lowest BCUT2D eigenvalue weighted by atomic mass is 10.1. The van der Waals surface area contributed by atoms with Gasteiger partial charge in [-0.05, 0) is 38.0 Å². The van der Waals surface area contributed by atoms with E-state index in [9.17, 15) is 0 Å². The van der Waals surface area contributed by atoms with Crippen LogP contribution in [0.3, 0.4) is 0 Å². The zero-order chi connectivity index (χ0) is 17.5. The van der Waals surface area contributed by atoms with Gasteiger partial charge in [-0.1, -0.05) is 35.9 Å². The summed E-state index contributed by atoms with van der Waals surface area (Å²) in [6.07, 6.45) is 2.41. The number of rotatable bonds is 3. The van der Waals surface area contributed by atoms with Crippen molar-refractivity contribution in [3.8, 4) is 11.4 Å². The molecular weight excluding hydrogens is 324 g/mol. The van der Waals surface area contributed by atoms with Crippen LogP contribution in [-0.2, 0) is 11.3 Å². The van der Waals surface area contributed by atoms with Crippen molar-refractivity contribution in [3.05, 3.63) is 54.1 Å². The average molecular weight is 344 g/mol. The number of ether oxygens (including phenoxy) is 1. The van der Waals surface area contributed by atoms with Crippen LogP contribution in [0.5, 0.6) is 0 Å². The number of fused-ring (bicyclic) bond motifs is 2. The number of benzene rings is 2. The highest BCUT2D eigenvalue weighted by molar-refractivity contribution is 5.84. The normalized spacial score (nSPS) is 17.3. The molecule has 1 aliphatic rings. The molecule has 1 fully saturated rings. The van der Waals surface area contributed by atoms with E-state index in [-0.39, 0.29) is 6.10 Å². The van der Waals surface area contributed by atoms with Gasteiger partial charge in [-0.25, -0.2) is 15.0 Å². The molecule has 0 aliphatic carbocycles. The van der Waals surface area contributed by atoms with Crippen LogP contribution in [-0.4, -0.2) is 32.2 Å². The topological polar surface area (TPSA) is 52.8 Å². The highest BCUT2D eigenvalue weighted by Gasteiger charge is 2.22. The summed E-state index contributed by atoms with van der Waals surface area (Å²) in [6, 6.07) is 16.4. The largest absolute Gasteiger partial charge is 0.376 e. The first-order valence-corrected chi connectivity index (χ1v) is 9.09. The predicted octanol–water partition coefficient (Wildman–Crippen LogP) is 4.13. The Bertz CT molecular complexity index is 1100. The van der Waals surface area contributed by atoms with E-state index >= 15 is 0 Å². The number of hydrogen-bond acceptors (Lipinski definition) is 4. The van der Waals surface area contributed by atoms with Crippen molar-refractivity contribution >= 4 is 22.3 Å². The van der Waals surface area contributed by atoms with Crippen LogP contribution in [0, 0.1) is 6.92 Å². The van der Waals surface area contributed by atoms with Crippen molar-refractivity contribution in [1.82, 2.24) is 19.5 Å². The van der Waals surface area contributed by atoms with Gasteiger partial charge in [0.1, 0.15) is 5.82 Å². The monoisotopic (exact) mass is 344 g/mol. The van der Waals surface area contributed by atoms with Gasteiger partial charge in [0.05, 0.1) is 23.7 Å². The Morgan fingerprint density at radius 3 is 2.65 bits per heavy atom. The number of para-hydroxylation sites is 2. The molecule has 26 heavy (non-hydrogen) atoms. The summed E-state index contributed by atoms with van der Waals surface area (Å²) in [5.74, 6) is 0.912. The SMILES string of the molecule is Cc1cccc(-c2nc3nc4ccccc4nc3n2CC2CCCO2)c1. The first kappa shape index (κ1) is 15.5. The van der Waals surface area contributed by atoms with Crippen LogP contribution in [0.25, 0.3) is 33.7 Å². The van der Waals surface area contributed by atoms with Crippen LogP contribution in [0.15, 0.2) is 48.5 Å². The standard InChI is InChI=1S/C21H20N4O/c1-14-6-4-7-15(12-14)20-24-19-21(25(20)13-16-8-5-11-26-16)23-18-10-3-2-9-17(18)22-19/h2-4,6-7,9-10,12,16H,5,8,11,13H2,1H3. The molecule has 1 aliphatic heterocycles. The molecule has 5 heteroatoms. The molecule has 4 aromatic rings. The van der Waals surface area contributed by atoms with E-state index in [1.165, 1.54) is 5.56 Å². The fraction of sp³-hybridized carbons (Fsp3) is 0.286. The van der Waals surface area contributed by atoms with E-state index in [1.807, 2.05) is 24.3 Å². The fourth-order valence-electron chi connectivity index (χ4n) is 3.67. The van der Waals surface area contributed by atoms with Crippen LogP contribution in [0.1, 0.15) is 18.4 Å². The average Bonchev–Trinajstić information content (AvgIpc) is 3.28. The Morgan fingerprint density at radius 2 is 1.88 bits per heavy atom. The third-order valence-electron chi connectivity index (χ3n) is 4.94. The Morgan fingerprint density at radius 1 is 1.04 bits per heavy atom. The van der Waals surface area contributed by atoms with Crippen LogP contribution in [0.2, 0.25) is 0 Å². The number of aryl methyl sites for hydroxylation is 1. The van der Waals surface area contributed by atoms with Gasteiger partial charge in [-0.2, -0.15) is 0 Å². The molecule has 2 aromatic carbocycles. The van der Waals surface area contributed by atoms with Crippen LogP contribution >= 0.6 is 0 Å². The minimum Gasteiger partial charge on any atom is -0.376 e. The van der Waals surface area contributed by atoms with Crippen molar-refractivity contribution in [2.45, 2.75) is 32.4 Å². The van der Waals surface area contributed by atoms with Crippen molar-refractivity contribution in [2.24, 2.45) is 0 Å². The lowest BCUT2D eigenvalue weighted by Crippen LogP contribution is -2.16. The first-order valence-electron chi connectivity index (χ1n) is 9.09. The summed E-state index contributed by atoms with van der Waals surface area (Å²) in [6.45, 7) is 3.69. The van der Waals surface area contributed by atoms with E-state index in [2.05, 4.69) is 35.8 Å². The summed E-state index contributed by atoms with van der Waals surface area (Å²) in [7, 11) is 0. The predicted molar refractivity (Wildman–Crippen MR) is 102 cm³/mol. The third-order valence-corrected chi connectivity index (χ3v) is 4.94. The minimum absolute atomic E-state index is 0.212. The molecule has 3 heterocycles.